The van der Waals surface area contributed by atoms with Crippen LogP contribution in [0.4, 0.5) is 0 Å². The largest absolute Gasteiger partial charge is 0.480 e. The first-order valence-electron chi connectivity index (χ1n) is 12.9. The van der Waals surface area contributed by atoms with E-state index in [1.807, 2.05) is 52.0 Å². The van der Waals surface area contributed by atoms with Gasteiger partial charge in [0.25, 0.3) is 5.91 Å². The Balaban J connectivity index is 2.66. The van der Waals surface area contributed by atoms with E-state index in [0.717, 1.165) is 15.7 Å². The quantitative estimate of drug-likeness (QED) is 0.364. The van der Waals surface area contributed by atoms with E-state index in [9.17, 15) is 29.5 Å². The minimum atomic E-state index is -1.35. The van der Waals surface area contributed by atoms with Gasteiger partial charge in [0.2, 0.25) is 11.8 Å². The van der Waals surface area contributed by atoms with Gasteiger partial charge in [-0.2, -0.15) is 5.26 Å². The van der Waals surface area contributed by atoms with Crippen molar-refractivity contribution in [3.05, 3.63) is 48.0 Å². The highest BCUT2D eigenvalue weighted by atomic mass is 16.4. The maximum Gasteiger partial charge on any atom is 0.326 e. The smallest absolute Gasteiger partial charge is 0.326 e. The molecule has 204 valence electrons. The van der Waals surface area contributed by atoms with E-state index in [2.05, 4.69) is 11.4 Å². The van der Waals surface area contributed by atoms with Gasteiger partial charge in [0, 0.05) is 11.5 Å². The van der Waals surface area contributed by atoms with E-state index in [4.69, 9.17) is 5.73 Å². The Morgan fingerprint density at radius 2 is 1.53 bits per heavy atom. The molecule has 3 unspecified atom stereocenters. The molecule has 0 aliphatic rings. The lowest BCUT2D eigenvalue weighted by atomic mass is 9.93. The lowest BCUT2D eigenvalue weighted by Gasteiger charge is -2.37. The van der Waals surface area contributed by atoms with Crippen LogP contribution in [0.1, 0.15) is 64.2 Å². The van der Waals surface area contributed by atoms with Crippen molar-refractivity contribution in [2.75, 3.05) is 0 Å². The second-order valence-corrected chi connectivity index (χ2v) is 10.6. The zero-order valence-corrected chi connectivity index (χ0v) is 22.7. The molecule has 4 N–H and O–H groups in total. The molecule has 0 aliphatic carbocycles. The van der Waals surface area contributed by atoms with Gasteiger partial charge in [0.15, 0.2) is 0 Å². The average molecular weight is 523 g/mol. The third-order valence-corrected chi connectivity index (χ3v) is 6.43. The number of aliphatic carboxylic acids is 1. The zero-order chi connectivity index (χ0) is 28.6. The molecule has 9 nitrogen and oxygen atoms in total. The first kappa shape index (κ1) is 30.3. The Labute approximate surface area is 224 Å². The zero-order valence-electron chi connectivity index (χ0n) is 22.7. The lowest BCUT2D eigenvalue weighted by molar-refractivity contribution is -0.145. The molecular weight excluding hydrogens is 484 g/mol. The fraction of sp³-hybridized carbons (Fsp3) is 0.483. The lowest BCUT2D eigenvalue weighted by Crippen LogP contribution is -2.58. The number of carboxylic acids is 1. The Morgan fingerprint density at radius 3 is 2.05 bits per heavy atom. The van der Waals surface area contributed by atoms with Gasteiger partial charge in [0.1, 0.15) is 18.1 Å². The van der Waals surface area contributed by atoms with Crippen LogP contribution in [-0.4, -0.2) is 51.8 Å². The van der Waals surface area contributed by atoms with Crippen LogP contribution in [-0.2, 0) is 14.4 Å². The number of nitriles is 1. The molecule has 3 amide bonds. The SMILES string of the molecule is CC(C)CC(C#N)NC(=O)C(CC(C)C(N)=O)N(C(=O)c1ccc2ccccc2c1)[C@@H](CC(C)C)C(=O)O. The predicted molar refractivity (Wildman–Crippen MR) is 145 cm³/mol. The van der Waals surface area contributed by atoms with Crippen molar-refractivity contribution in [2.24, 2.45) is 23.5 Å². The number of amides is 3. The average Bonchev–Trinajstić information content (AvgIpc) is 2.85. The molecule has 0 saturated heterocycles. The van der Waals surface area contributed by atoms with Crippen molar-refractivity contribution in [3.8, 4) is 6.07 Å². The number of hydrogen-bond donors (Lipinski definition) is 3. The summed E-state index contributed by atoms with van der Waals surface area (Å²) in [6, 6.07) is 10.9. The van der Waals surface area contributed by atoms with E-state index in [1.54, 1.807) is 18.2 Å². The molecule has 0 fully saturated rings. The van der Waals surface area contributed by atoms with Gasteiger partial charge in [-0.05, 0) is 54.0 Å². The Kier molecular flexibility index (Phi) is 10.8. The normalized spacial score (nSPS) is 14.4. The van der Waals surface area contributed by atoms with Crippen molar-refractivity contribution in [1.82, 2.24) is 10.2 Å². The fourth-order valence-electron chi connectivity index (χ4n) is 4.43. The van der Waals surface area contributed by atoms with Crippen LogP contribution < -0.4 is 11.1 Å². The van der Waals surface area contributed by atoms with Gasteiger partial charge in [-0.25, -0.2) is 4.79 Å². The molecule has 2 aromatic rings. The molecule has 2 rings (SSSR count). The van der Waals surface area contributed by atoms with Crippen LogP contribution in [0.15, 0.2) is 42.5 Å². The van der Waals surface area contributed by atoms with E-state index in [0.29, 0.717) is 6.42 Å². The number of carbonyl (C=O) groups excluding carboxylic acids is 3. The van der Waals surface area contributed by atoms with Gasteiger partial charge in [-0.1, -0.05) is 65.0 Å². The highest BCUT2D eigenvalue weighted by Gasteiger charge is 2.41. The Hall–Kier alpha value is -3.93. The van der Waals surface area contributed by atoms with Crippen LogP contribution >= 0.6 is 0 Å². The summed E-state index contributed by atoms with van der Waals surface area (Å²) in [5.74, 6) is -4.16. The topological polar surface area (TPSA) is 154 Å². The van der Waals surface area contributed by atoms with Crippen molar-refractivity contribution in [3.63, 3.8) is 0 Å². The summed E-state index contributed by atoms with van der Waals surface area (Å²) in [6.45, 7) is 8.98. The maximum atomic E-state index is 14.0. The molecule has 4 atom stereocenters. The molecule has 9 heteroatoms. The first-order chi connectivity index (χ1) is 17.8. The van der Waals surface area contributed by atoms with Crippen LogP contribution in [0.2, 0.25) is 0 Å². The summed E-state index contributed by atoms with van der Waals surface area (Å²) in [7, 11) is 0. The number of hydrogen-bond acceptors (Lipinski definition) is 5. The molecular formula is C29H38N4O5. The second-order valence-electron chi connectivity index (χ2n) is 10.6. The molecule has 2 aromatic carbocycles. The molecule has 0 aliphatic heterocycles. The number of carbonyl (C=O) groups is 4. The van der Waals surface area contributed by atoms with E-state index >= 15 is 0 Å². The molecule has 0 radical (unpaired) electrons. The van der Waals surface area contributed by atoms with Crippen LogP contribution in [0.5, 0.6) is 0 Å². The van der Waals surface area contributed by atoms with Crippen molar-refractivity contribution >= 4 is 34.5 Å². The highest BCUT2D eigenvalue weighted by molar-refractivity contribution is 6.02. The van der Waals surface area contributed by atoms with E-state index in [1.165, 1.54) is 6.92 Å². The number of benzene rings is 2. The van der Waals surface area contributed by atoms with Gasteiger partial charge in [0.05, 0.1) is 6.07 Å². The Bertz CT molecular complexity index is 1200. The molecule has 0 spiro atoms. The Morgan fingerprint density at radius 1 is 0.921 bits per heavy atom. The standard InChI is InChI=1S/C29H38N4O5/c1-17(2)12-23(16-30)32-27(35)24(14-19(5)26(31)34)33(25(29(37)38)13-18(3)4)28(36)22-11-10-20-8-6-7-9-21(20)15-22/h6-11,15,17-19,23-25H,12-14H2,1-5H3,(H2,31,34)(H,32,35)(H,37,38)/t19?,23?,24?,25-/m0/s1. The van der Waals surface area contributed by atoms with E-state index in [-0.39, 0.29) is 30.2 Å². The first-order valence-corrected chi connectivity index (χ1v) is 12.9. The van der Waals surface area contributed by atoms with Crippen LogP contribution in [0.25, 0.3) is 10.8 Å². The molecule has 0 heterocycles. The number of rotatable bonds is 13. The van der Waals surface area contributed by atoms with Crippen molar-refractivity contribution < 1.29 is 24.3 Å². The predicted octanol–water partition coefficient (Wildman–Crippen LogP) is 3.72. The van der Waals surface area contributed by atoms with Crippen LogP contribution in [0, 0.1) is 29.1 Å². The third kappa shape index (κ3) is 8.04. The van der Waals surface area contributed by atoms with Gasteiger partial charge >= 0.3 is 5.97 Å². The number of nitrogens with two attached hydrogens (primary N) is 1. The summed E-state index contributed by atoms with van der Waals surface area (Å²) in [5, 5.41) is 24.2. The number of fused-ring (bicyclic) bond motifs is 1. The third-order valence-electron chi connectivity index (χ3n) is 6.43. The number of primary amides is 1. The molecule has 0 aromatic heterocycles. The minimum Gasteiger partial charge on any atom is -0.480 e. The summed E-state index contributed by atoms with van der Waals surface area (Å²) in [6.07, 6.45) is 0.257. The summed E-state index contributed by atoms with van der Waals surface area (Å²) >= 11 is 0. The second kappa shape index (κ2) is 13.6. The van der Waals surface area contributed by atoms with Gasteiger partial charge in [-0.15, -0.1) is 0 Å². The van der Waals surface area contributed by atoms with E-state index < -0.39 is 47.7 Å². The van der Waals surface area contributed by atoms with Crippen LogP contribution in [0.3, 0.4) is 0 Å². The molecule has 38 heavy (non-hydrogen) atoms. The minimum absolute atomic E-state index is 0.0804. The highest BCUT2D eigenvalue weighted by Crippen LogP contribution is 2.25. The number of nitrogens with zero attached hydrogens (tertiary/aromatic N) is 2. The number of carboxylic acid groups (broad SMARTS) is 1. The van der Waals surface area contributed by atoms with Crippen molar-refractivity contribution in [2.45, 2.75) is 72.0 Å². The summed E-state index contributed by atoms with van der Waals surface area (Å²) < 4.78 is 0. The molecule has 0 bridgehead atoms. The summed E-state index contributed by atoms with van der Waals surface area (Å²) in [5.41, 5.74) is 5.71. The molecule has 0 saturated carbocycles. The van der Waals surface area contributed by atoms with Gasteiger partial charge in [-0.3, -0.25) is 14.4 Å². The van der Waals surface area contributed by atoms with Crippen molar-refractivity contribution in [1.29, 1.82) is 5.26 Å². The monoisotopic (exact) mass is 522 g/mol. The number of nitrogens with one attached hydrogen (secondary N) is 1. The fourth-order valence-corrected chi connectivity index (χ4v) is 4.43. The maximum absolute atomic E-state index is 14.0. The summed E-state index contributed by atoms with van der Waals surface area (Å²) in [4.78, 5) is 53.3. The van der Waals surface area contributed by atoms with Gasteiger partial charge < -0.3 is 21.1 Å².